The average molecular weight is 322 g/mol. The van der Waals surface area contributed by atoms with Crippen molar-refractivity contribution in [3.05, 3.63) is 28.6 Å². The van der Waals surface area contributed by atoms with Crippen LogP contribution in [-0.2, 0) is 4.74 Å². The Balaban J connectivity index is 1.98. The Morgan fingerprint density at radius 1 is 1.23 bits per heavy atom. The summed E-state index contributed by atoms with van der Waals surface area (Å²) in [4.78, 5) is 13.1. The van der Waals surface area contributed by atoms with Gasteiger partial charge in [0.05, 0.1) is 18.6 Å². The summed E-state index contributed by atoms with van der Waals surface area (Å²) in [6.45, 7) is 4.76. The molecule has 0 fully saturated rings. The molecule has 0 spiro atoms. The second-order valence-electron chi connectivity index (χ2n) is 4.92. The quantitative estimate of drug-likeness (QED) is 0.732. The summed E-state index contributed by atoms with van der Waals surface area (Å²) < 4.78 is 11.3. The van der Waals surface area contributed by atoms with E-state index in [0.717, 1.165) is 39.4 Å². The van der Waals surface area contributed by atoms with Crippen molar-refractivity contribution in [1.29, 1.82) is 0 Å². The lowest BCUT2D eigenvalue weighted by Crippen LogP contribution is -2.32. The molecule has 0 aliphatic heterocycles. The number of ether oxygens (including phenoxy) is 2. The number of thiophene rings is 1. The summed E-state index contributed by atoms with van der Waals surface area (Å²) in [7, 11) is 3.32. The molecule has 0 radical (unpaired) electrons. The minimum Gasteiger partial charge on any atom is -0.497 e. The molecule has 0 unspecified atom stereocenters. The number of hydrogen-bond acceptors (Lipinski definition) is 5. The fourth-order valence-electron chi connectivity index (χ4n) is 2.19. The zero-order valence-electron chi connectivity index (χ0n) is 13.2. The van der Waals surface area contributed by atoms with Gasteiger partial charge in [0.25, 0.3) is 5.91 Å². The molecule has 0 atom stereocenters. The Kier molecular flexibility index (Phi) is 6.18. The predicted molar refractivity (Wildman–Crippen MR) is 90.2 cm³/mol. The van der Waals surface area contributed by atoms with E-state index in [4.69, 9.17) is 9.47 Å². The summed E-state index contributed by atoms with van der Waals surface area (Å²) in [6.07, 6.45) is 0. The van der Waals surface area contributed by atoms with E-state index in [9.17, 15) is 4.79 Å². The Bertz CT molecular complexity index is 640. The first-order valence-electron chi connectivity index (χ1n) is 7.22. The van der Waals surface area contributed by atoms with Crippen LogP contribution in [0.15, 0.2) is 18.2 Å². The van der Waals surface area contributed by atoms with E-state index < -0.39 is 0 Å². The van der Waals surface area contributed by atoms with E-state index in [1.807, 2.05) is 25.1 Å². The van der Waals surface area contributed by atoms with Crippen LogP contribution in [0.4, 0.5) is 0 Å². The van der Waals surface area contributed by atoms with Crippen LogP contribution in [0.1, 0.15) is 15.2 Å². The number of fused-ring (bicyclic) bond motifs is 1. The second kappa shape index (κ2) is 8.12. The number of methoxy groups -OCH3 is 2. The minimum absolute atomic E-state index is 0.0220. The first-order valence-corrected chi connectivity index (χ1v) is 8.04. The van der Waals surface area contributed by atoms with Crippen LogP contribution < -0.4 is 15.4 Å². The van der Waals surface area contributed by atoms with E-state index in [2.05, 4.69) is 10.6 Å². The molecular weight excluding hydrogens is 300 g/mol. The summed E-state index contributed by atoms with van der Waals surface area (Å²) in [5, 5.41) is 7.22. The number of amides is 1. The van der Waals surface area contributed by atoms with E-state index in [1.54, 1.807) is 14.2 Å². The van der Waals surface area contributed by atoms with Crippen molar-refractivity contribution in [1.82, 2.24) is 10.6 Å². The van der Waals surface area contributed by atoms with Crippen LogP contribution in [0, 0.1) is 6.92 Å². The lowest BCUT2D eigenvalue weighted by Gasteiger charge is -2.06. The maximum Gasteiger partial charge on any atom is 0.261 e. The molecule has 6 heteroatoms. The highest BCUT2D eigenvalue weighted by Crippen LogP contribution is 2.33. The van der Waals surface area contributed by atoms with Gasteiger partial charge in [0, 0.05) is 31.4 Å². The molecule has 5 nitrogen and oxygen atoms in total. The van der Waals surface area contributed by atoms with Gasteiger partial charge in [-0.1, -0.05) is 0 Å². The van der Waals surface area contributed by atoms with Gasteiger partial charge in [-0.3, -0.25) is 4.79 Å². The van der Waals surface area contributed by atoms with Gasteiger partial charge in [0.15, 0.2) is 0 Å². The molecule has 120 valence electrons. The van der Waals surface area contributed by atoms with Crippen molar-refractivity contribution in [2.45, 2.75) is 6.92 Å². The van der Waals surface area contributed by atoms with Gasteiger partial charge < -0.3 is 20.1 Å². The third-order valence-corrected chi connectivity index (χ3v) is 4.69. The highest BCUT2D eigenvalue weighted by atomic mass is 32.1. The van der Waals surface area contributed by atoms with E-state index in [0.29, 0.717) is 13.2 Å². The van der Waals surface area contributed by atoms with Crippen LogP contribution in [0.2, 0.25) is 0 Å². The largest absolute Gasteiger partial charge is 0.497 e. The van der Waals surface area contributed by atoms with Crippen molar-refractivity contribution < 1.29 is 14.3 Å². The highest BCUT2D eigenvalue weighted by molar-refractivity contribution is 7.21. The Hall–Kier alpha value is -1.63. The number of aryl methyl sites for hydroxylation is 1. The van der Waals surface area contributed by atoms with Gasteiger partial charge in [0.2, 0.25) is 0 Å². The minimum atomic E-state index is -0.0220. The molecule has 1 aromatic carbocycles. The van der Waals surface area contributed by atoms with Gasteiger partial charge in [0.1, 0.15) is 5.75 Å². The SMILES string of the molecule is COCCNCCNC(=O)c1sc2ccc(OC)cc2c1C. The van der Waals surface area contributed by atoms with Gasteiger partial charge in [-0.15, -0.1) is 11.3 Å². The zero-order chi connectivity index (χ0) is 15.9. The average Bonchev–Trinajstić information content (AvgIpc) is 2.87. The van der Waals surface area contributed by atoms with Crippen molar-refractivity contribution in [2.24, 2.45) is 0 Å². The third kappa shape index (κ3) is 3.97. The molecule has 2 N–H and O–H groups in total. The summed E-state index contributed by atoms with van der Waals surface area (Å²) in [6, 6.07) is 5.89. The van der Waals surface area contributed by atoms with Crippen molar-refractivity contribution in [3.8, 4) is 5.75 Å². The normalized spacial score (nSPS) is 10.9. The fraction of sp³-hybridized carbons (Fsp3) is 0.438. The summed E-state index contributed by atoms with van der Waals surface area (Å²) in [5.74, 6) is 0.786. The lowest BCUT2D eigenvalue weighted by molar-refractivity contribution is 0.0957. The van der Waals surface area contributed by atoms with Crippen LogP contribution >= 0.6 is 11.3 Å². The van der Waals surface area contributed by atoms with Crippen molar-refractivity contribution in [2.75, 3.05) is 40.5 Å². The van der Waals surface area contributed by atoms with E-state index in [-0.39, 0.29) is 5.91 Å². The molecular formula is C16H22N2O3S. The molecule has 22 heavy (non-hydrogen) atoms. The summed E-state index contributed by atoms with van der Waals surface area (Å²) in [5.41, 5.74) is 1.00. The molecule has 0 saturated carbocycles. The van der Waals surface area contributed by atoms with E-state index in [1.165, 1.54) is 11.3 Å². The molecule has 0 aliphatic carbocycles. The second-order valence-corrected chi connectivity index (χ2v) is 5.97. The van der Waals surface area contributed by atoms with E-state index >= 15 is 0 Å². The van der Waals surface area contributed by atoms with Crippen LogP contribution in [0.5, 0.6) is 5.75 Å². The lowest BCUT2D eigenvalue weighted by atomic mass is 10.1. The maximum absolute atomic E-state index is 12.3. The zero-order valence-corrected chi connectivity index (χ0v) is 14.0. The van der Waals surface area contributed by atoms with Crippen LogP contribution in [0.25, 0.3) is 10.1 Å². The van der Waals surface area contributed by atoms with Crippen LogP contribution in [0.3, 0.4) is 0 Å². The van der Waals surface area contributed by atoms with Crippen molar-refractivity contribution in [3.63, 3.8) is 0 Å². The Morgan fingerprint density at radius 3 is 2.77 bits per heavy atom. The number of benzene rings is 1. The monoisotopic (exact) mass is 322 g/mol. The summed E-state index contributed by atoms with van der Waals surface area (Å²) >= 11 is 1.52. The fourth-order valence-corrected chi connectivity index (χ4v) is 3.29. The van der Waals surface area contributed by atoms with Gasteiger partial charge >= 0.3 is 0 Å². The number of carbonyl (C=O) groups is 1. The molecule has 2 rings (SSSR count). The van der Waals surface area contributed by atoms with Crippen molar-refractivity contribution >= 4 is 27.3 Å². The third-order valence-electron chi connectivity index (χ3n) is 3.42. The van der Waals surface area contributed by atoms with Gasteiger partial charge in [-0.25, -0.2) is 0 Å². The molecule has 1 heterocycles. The molecule has 0 aliphatic rings. The molecule has 1 aromatic heterocycles. The first-order chi connectivity index (χ1) is 10.7. The smallest absolute Gasteiger partial charge is 0.261 e. The Labute approximate surface area is 134 Å². The molecule has 0 saturated heterocycles. The van der Waals surface area contributed by atoms with Crippen LogP contribution in [-0.4, -0.2) is 46.4 Å². The first kappa shape index (κ1) is 16.7. The number of hydrogen-bond donors (Lipinski definition) is 2. The number of carbonyl (C=O) groups excluding carboxylic acids is 1. The maximum atomic E-state index is 12.3. The standard InChI is InChI=1S/C16H22N2O3S/c1-11-13-10-12(21-3)4-5-14(13)22-15(11)16(19)18-7-6-17-8-9-20-2/h4-5,10,17H,6-9H2,1-3H3,(H,18,19). The molecule has 0 bridgehead atoms. The molecule has 1 amide bonds. The Morgan fingerprint density at radius 2 is 2.05 bits per heavy atom. The number of rotatable bonds is 8. The molecule has 2 aromatic rings. The van der Waals surface area contributed by atoms with Gasteiger partial charge in [-0.2, -0.15) is 0 Å². The number of nitrogens with one attached hydrogen (secondary N) is 2. The predicted octanol–water partition coefficient (Wildman–Crippen LogP) is 2.18. The van der Waals surface area contributed by atoms with Gasteiger partial charge in [-0.05, 0) is 36.1 Å². The highest BCUT2D eigenvalue weighted by Gasteiger charge is 2.15. The topological polar surface area (TPSA) is 59.6 Å².